The van der Waals surface area contributed by atoms with Crippen molar-refractivity contribution >= 4 is 24.9 Å². The number of aromatic nitrogens is 2. The Morgan fingerprint density at radius 2 is 1.46 bits per heavy atom. The largest absolute Gasteiger partial charge is 0.287 e. The van der Waals surface area contributed by atoms with Crippen LogP contribution in [0.5, 0.6) is 0 Å². The summed E-state index contributed by atoms with van der Waals surface area (Å²) in [5.41, 5.74) is 6.12. The number of benzene rings is 2. The van der Waals surface area contributed by atoms with Gasteiger partial charge in [0.2, 0.25) is 5.78 Å². The highest BCUT2D eigenvalue weighted by Gasteiger charge is 2.17. The third-order valence-electron chi connectivity index (χ3n) is 3.38. The van der Waals surface area contributed by atoms with Gasteiger partial charge in [0.1, 0.15) is 19.5 Å². The fourth-order valence-electron chi connectivity index (χ4n) is 2.22. The van der Waals surface area contributed by atoms with Crippen molar-refractivity contribution in [2.24, 2.45) is 0 Å². The second-order valence-corrected chi connectivity index (χ2v) is 11.4. The highest BCUT2D eigenvalue weighted by atomic mass is 28.3. The maximum Gasteiger partial charge on any atom is 0.214 e. The summed E-state index contributed by atoms with van der Waals surface area (Å²) in [6, 6.07) is 16.7. The third-order valence-corrected chi connectivity index (χ3v) is 4.25. The Balaban J connectivity index is 2.20. The molecule has 4 heteroatoms. The van der Waals surface area contributed by atoms with Gasteiger partial charge in [-0.15, -0.1) is 5.54 Å². The highest BCUT2D eigenvalue weighted by Crippen LogP contribution is 2.16. The lowest BCUT2D eigenvalue weighted by Gasteiger charge is -2.07. The molecule has 0 saturated carbocycles. The standard InChI is InChI=1S/C20H18N2OSi/c1-24(2,3)14-13-18-19(20(23)15-9-5-4-6-10-15)22-17-12-8-7-11-16(17)21-18/h4-12H,1-3H3. The van der Waals surface area contributed by atoms with Crippen LogP contribution in [0.15, 0.2) is 54.6 Å². The average Bonchev–Trinajstić information content (AvgIpc) is 2.58. The zero-order valence-corrected chi connectivity index (χ0v) is 15.0. The molecule has 0 aliphatic rings. The molecule has 0 fully saturated rings. The number of carbonyl (C=O) groups is 1. The maximum absolute atomic E-state index is 12.9. The lowest BCUT2D eigenvalue weighted by Crippen LogP contribution is -2.17. The Kier molecular flexibility index (Phi) is 4.28. The van der Waals surface area contributed by atoms with Gasteiger partial charge in [-0.25, -0.2) is 9.97 Å². The van der Waals surface area contributed by atoms with Crippen LogP contribution in [0.3, 0.4) is 0 Å². The molecule has 3 rings (SSSR count). The van der Waals surface area contributed by atoms with Crippen LogP contribution in [0, 0.1) is 11.5 Å². The fraction of sp³-hybridized carbons (Fsp3) is 0.150. The molecule has 3 nitrogen and oxygen atoms in total. The van der Waals surface area contributed by atoms with Gasteiger partial charge in [0.05, 0.1) is 11.0 Å². The van der Waals surface area contributed by atoms with Gasteiger partial charge in [-0.2, -0.15) is 0 Å². The predicted octanol–water partition coefficient (Wildman–Crippen LogP) is 4.09. The summed E-state index contributed by atoms with van der Waals surface area (Å²) in [6.07, 6.45) is 0. The van der Waals surface area contributed by atoms with Crippen molar-refractivity contribution in [1.29, 1.82) is 0 Å². The minimum atomic E-state index is -1.58. The highest BCUT2D eigenvalue weighted by molar-refractivity contribution is 6.83. The topological polar surface area (TPSA) is 42.9 Å². The summed E-state index contributed by atoms with van der Waals surface area (Å²) in [4.78, 5) is 22.0. The molecule has 1 heterocycles. The molecule has 0 unspecified atom stereocenters. The van der Waals surface area contributed by atoms with Gasteiger partial charge >= 0.3 is 0 Å². The number of ketones is 1. The first kappa shape index (κ1) is 16.1. The van der Waals surface area contributed by atoms with E-state index in [0.717, 1.165) is 5.52 Å². The summed E-state index contributed by atoms with van der Waals surface area (Å²) in [7, 11) is -1.58. The van der Waals surface area contributed by atoms with Crippen LogP contribution < -0.4 is 0 Å². The van der Waals surface area contributed by atoms with E-state index in [1.807, 2.05) is 42.5 Å². The second kappa shape index (κ2) is 6.38. The second-order valence-electron chi connectivity index (χ2n) is 6.60. The van der Waals surface area contributed by atoms with Crippen molar-refractivity contribution in [2.75, 3.05) is 0 Å². The SMILES string of the molecule is C[Si](C)(C)C#Cc1nc2ccccc2nc1C(=O)c1ccccc1. The lowest BCUT2D eigenvalue weighted by molar-refractivity contribution is 0.103. The predicted molar refractivity (Wildman–Crippen MR) is 99.6 cm³/mol. The Morgan fingerprint density at radius 3 is 2.08 bits per heavy atom. The van der Waals surface area contributed by atoms with Crippen LogP contribution in [-0.2, 0) is 0 Å². The zero-order chi connectivity index (χ0) is 17.2. The van der Waals surface area contributed by atoms with E-state index >= 15 is 0 Å². The van der Waals surface area contributed by atoms with Crippen LogP contribution in [-0.4, -0.2) is 23.8 Å². The molecular formula is C20H18N2OSi. The van der Waals surface area contributed by atoms with Crippen molar-refractivity contribution in [3.8, 4) is 11.5 Å². The Labute approximate surface area is 142 Å². The van der Waals surface area contributed by atoms with Crippen molar-refractivity contribution in [2.45, 2.75) is 19.6 Å². The number of hydrogen-bond acceptors (Lipinski definition) is 3. The average molecular weight is 330 g/mol. The smallest absolute Gasteiger partial charge is 0.214 e. The first-order chi connectivity index (χ1) is 11.4. The Morgan fingerprint density at radius 1 is 0.875 bits per heavy atom. The van der Waals surface area contributed by atoms with E-state index in [1.165, 1.54) is 0 Å². The van der Waals surface area contributed by atoms with Crippen LogP contribution in [0.2, 0.25) is 19.6 Å². The number of nitrogens with zero attached hydrogens (tertiary/aromatic N) is 2. The molecule has 2 aromatic carbocycles. The van der Waals surface area contributed by atoms with Gasteiger partial charge in [0, 0.05) is 5.56 Å². The summed E-state index contributed by atoms with van der Waals surface area (Å²) in [5.74, 6) is 2.97. The monoisotopic (exact) mass is 330 g/mol. The molecule has 0 aliphatic carbocycles. The van der Waals surface area contributed by atoms with E-state index in [2.05, 4.69) is 41.1 Å². The summed E-state index contributed by atoms with van der Waals surface area (Å²) >= 11 is 0. The van der Waals surface area contributed by atoms with E-state index < -0.39 is 8.07 Å². The molecule has 0 spiro atoms. The van der Waals surface area contributed by atoms with Crippen molar-refractivity contribution in [3.05, 3.63) is 71.5 Å². The summed E-state index contributed by atoms with van der Waals surface area (Å²) in [6.45, 7) is 6.48. The van der Waals surface area contributed by atoms with Crippen molar-refractivity contribution in [3.63, 3.8) is 0 Å². The first-order valence-electron chi connectivity index (χ1n) is 7.84. The molecule has 24 heavy (non-hydrogen) atoms. The molecule has 1 aromatic heterocycles. The molecule has 0 N–H and O–H groups in total. The van der Waals surface area contributed by atoms with Gasteiger partial charge in [-0.3, -0.25) is 4.79 Å². The molecule has 0 aliphatic heterocycles. The van der Waals surface area contributed by atoms with Crippen LogP contribution >= 0.6 is 0 Å². The molecular weight excluding hydrogens is 312 g/mol. The van der Waals surface area contributed by atoms with Crippen molar-refractivity contribution in [1.82, 2.24) is 9.97 Å². The molecule has 118 valence electrons. The minimum Gasteiger partial charge on any atom is -0.287 e. The number of rotatable bonds is 2. The van der Waals surface area contributed by atoms with Gasteiger partial charge in [-0.05, 0) is 12.1 Å². The maximum atomic E-state index is 12.9. The Bertz CT molecular complexity index is 964. The molecule has 0 saturated heterocycles. The Hall–Kier alpha value is -2.77. The van der Waals surface area contributed by atoms with Gasteiger partial charge in [-0.1, -0.05) is 68.0 Å². The quantitative estimate of drug-likeness (QED) is 0.404. The van der Waals surface area contributed by atoms with E-state index in [9.17, 15) is 4.79 Å². The van der Waals surface area contributed by atoms with Gasteiger partial charge < -0.3 is 0 Å². The van der Waals surface area contributed by atoms with E-state index in [0.29, 0.717) is 22.5 Å². The van der Waals surface area contributed by atoms with Crippen LogP contribution in [0.1, 0.15) is 21.7 Å². The van der Waals surface area contributed by atoms with E-state index in [1.54, 1.807) is 12.1 Å². The number of fused-ring (bicyclic) bond motifs is 1. The molecule has 0 atom stereocenters. The van der Waals surface area contributed by atoms with E-state index in [-0.39, 0.29) is 5.78 Å². The number of carbonyl (C=O) groups excluding carboxylic acids is 1. The normalized spacial score (nSPS) is 11.0. The summed E-state index contributed by atoms with van der Waals surface area (Å²) in [5, 5.41) is 0. The van der Waals surface area contributed by atoms with Crippen LogP contribution in [0.4, 0.5) is 0 Å². The number of para-hydroxylation sites is 2. The van der Waals surface area contributed by atoms with Crippen molar-refractivity contribution < 1.29 is 4.79 Å². The molecule has 0 amide bonds. The molecule has 3 aromatic rings. The lowest BCUT2D eigenvalue weighted by atomic mass is 10.1. The van der Waals surface area contributed by atoms with Crippen LogP contribution in [0.25, 0.3) is 11.0 Å². The zero-order valence-electron chi connectivity index (χ0n) is 14.0. The third kappa shape index (κ3) is 3.58. The van der Waals surface area contributed by atoms with Gasteiger partial charge in [0.25, 0.3) is 0 Å². The fourth-order valence-corrected chi connectivity index (χ4v) is 2.71. The van der Waals surface area contributed by atoms with E-state index in [4.69, 9.17) is 0 Å². The number of hydrogen-bond donors (Lipinski definition) is 0. The van der Waals surface area contributed by atoms with Gasteiger partial charge in [0.15, 0.2) is 0 Å². The minimum absolute atomic E-state index is 0.145. The first-order valence-corrected chi connectivity index (χ1v) is 11.3. The molecule has 0 radical (unpaired) electrons. The molecule has 0 bridgehead atoms. The summed E-state index contributed by atoms with van der Waals surface area (Å²) < 4.78 is 0.